The summed E-state index contributed by atoms with van der Waals surface area (Å²) < 4.78 is 0. The molecule has 0 aromatic carbocycles. The van der Waals surface area contributed by atoms with Crippen molar-refractivity contribution in [3.63, 3.8) is 0 Å². The van der Waals surface area contributed by atoms with Crippen LogP contribution in [0.2, 0.25) is 0 Å². The molecule has 4 heteroatoms. The lowest BCUT2D eigenvalue weighted by Crippen LogP contribution is -2.43. The van der Waals surface area contributed by atoms with E-state index in [1.165, 1.54) is 0 Å². The minimum Gasteiger partial charge on any atom is -0.341 e. The van der Waals surface area contributed by atoms with Crippen LogP contribution in [0.5, 0.6) is 0 Å². The Hall–Kier alpha value is -0.610. The predicted octanol–water partition coefficient (Wildman–Crippen LogP) is 0.134. The van der Waals surface area contributed by atoms with E-state index in [0.29, 0.717) is 12.6 Å². The van der Waals surface area contributed by atoms with Gasteiger partial charge in [0.05, 0.1) is 5.92 Å². The van der Waals surface area contributed by atoms with Crippen molar-refractivity contribution in [1.29, 1.82) is 0 Å². The highest BCUT2D eigenvalue weighted by atomic mass is 16.2. The SMILES string of the molecule is CCC(CN)C(=O)N(C)C1CCN(C)C1. The number of nitrogens with zero attached hydrogens (tertiary/aromatic N) is 2. The first-order valence-electron chi connectivity index (χ1n) is 5.75. The van der Waals surface area contributed by atoms with E-state index in [9.17, 15) is 4.79 Å². The molecule has 1 fully saturated rings. The van der Waals surface area contributed by atoms with E-state index >= 15 is 0 Å². The van der Waals surface area contributed by atoms with Crippen LogP contribution >= 0.6 is 0 Å². The molecule has 0 aromatic heterocycles. The summed E-state index contributed by atoms with van der Waals surface area (Å²) in [6, 6.07) is 0.378. The minimum absolute atomic E-state index is 0.000839. The molecule has 88 valence electrons. The van der Waals surface area contributed by atoms with Crippen molar-refractivity contribution in [1.82, 2.24) is 9.80 Å². The number of likely N-dealkylation sites (tertiary alicyclic amines) is 1. The number of hydrogen-bond acceptors (Lipinski definition) is 3. The van der Waals surface area contributed by atoms with E-state index in [-0.39, 0.29) is 11.8 Å². The topological polar surface area (TPSA) is 49.6 Å². The van der Waals surface area contributed by atoms with Gasteiger partial charge in [-0.15, -0.1) is 0 Å². The smallest absolute Gasteiger partial charge is 0.226 e. The molecule has 0 aliphatic carbocycles. The standard InChI is InChI=1S/C11H23N3O/c1-4-9(7-12)11(15)14(3)10-5-6-13(2)8-10/h9-10H,4-8,12H2,1-3H3. The Balaban J connectivity index is 2.52. The Labute approximate surface area is 92.4 Å². The van der Waals surface area contributed by atoms with Gasteiger partial charge in [0, 0.05) is 26.2 Å². The molecule has 0 saturated carbocycles. The fourth-order valence-corrected chi connectivity index (χ4v) is 2.14. The third-order valence-corrected chi connectivity index (χ3v) is 3.39. The fourth-order valence-electron chi connectivity index (χ4n) is 2.14. The van der Waals surface area contributed by atoms with Crippen molar-refractivity contribution in [2.24, 2.45) is 11.7 Å². The van der Waals surface area contributed by atoms with Crippen molar-refractivity contribution in [2.75, 3.05) is 33.7 Å². The van der Waals surface area contributed by atoms with Crippen molar-refractivity contribution in [3.05, 3.63) is 0 Å². The molecular weight excluding hydrogens is 190 g/mol. The molecule has 0 radical (unpaired) electrons. The van der Waals surface area contributed by atoms with E-state index in [4.69, 9.17) is 5.73 Å². The van der Waals surface area contributed by atoms with Crippen molar-refractivity contribution in [2.45, 2.75) is 25.8 Å². The number of likely N-dealkylation sites (N-methyl/N-ethyl adjacent to an activating group) is 2. The van der Waals surface area contributed by atoms with Crippen LogP contribution in [0.15, 0.2) is 0 Å². The molecular formula is C11H23N3O. The molecule has 0 aromatic rings. The number of hydrogen-bond donors (Lipinski definition) is 1. The lowest BCUT2D eigenvalue weighted by Gasteiger charge is -2.27. The van der Waals surface area contributed by atoms with E-state index in [1.54, 1.807) is 0 Å². The van der Waals surface area contributed by atoms with Crippen molar-refractivity contribution in [3.8, 4) is 0 Å². The van der Waals surface area contributed by atoms with Crippen molar-refractivity contribution < 1.29 is 4.79 Å². The predicted molar refractivity (Wildman–Crippen MR) is 61.5 cm³/mol. The summed E-state index contributed by atoms with van der Waals surface area (Å²) in [6.45, 7) is 4.55. The van der Waals surface area contributed by atoms with Crippen LogP contribution in [0.4, 0.5) is 0 Å². The Morgan fingerprint density at radius 2 is 2.33 bits per heavy atom. The van der Waals surface area contributed by atoms with Crippen LogP contribution in [0.3, 0.4) is 0 Å². The zero-order valence-corrected chi connectivity index (χ0v) is 10.1. The van der Waals surface area contributed by atoms with Crippen LogP contribution in [0, 0.1) is 5.92 Å². The second-order valence-electron chi connectivity index (χ2n) is 4.49. The lowest BCUT2D eigenvalue weighted by molar-refractivity contribution is -0.135. The average molecular weight is 213 g/mol. The van der Waals surface area contributed by atoms with Crippen LogP contribution in [0.25, 0.3) is 0 Å². The molecule has 1 aliphatic rings. The zero-order valence-electron chi connectivity index (χ0n) is 10.1. The molecule has 0 spiro atoms. The summed E-state index contributed by atoms with van der Waals surface area (Å²) in [7, 11) is 4.00. The largest absolute Gasteiger partial charge is 0.341 e. The summed E-state index contributed by atoms with van der Waals surface area (Å²) >= 11 is 0. The minimum atomic E-state index is 0.000839. The zero-order chi connectivity index (χ0) is 11.4. The van der Waals surface area contributed by atoms with E-state index in [1.807, 2.05) is 18.9 Å². The third kappa shape index (κ3) is 2.92. The van der Waals surface area contributed by atoms with E-state index in [0.717, 1.165) is 25.9 Å². The van der Waals surface area contributed by atoms with Crippen LogP contribution < -0.4 is 5.73 Å². The normalized spacial score (nSPS) is 24.1. The maximum absolute atomic E-state index is 12.0. The summed E-state index contributed by atoms with van der Waals surface area (Å²) in [6.07, 6.45) is 1.92. The van der Waals surface area contributed by atoms with Gasteiger partial charge in [-0.2, -0.15) is 0 Å². The van der Waals surface area contributed by atoms with E-state index in [2.05, 4.69) is 11.9 Å². The highest BCUT2D eigenvalue weighted by Crippen LogP contribution is 2.15. The molecule has 1 amide bonds. The summed E-state index contributed by atoms with van der Waals surface area (Å²) in [5, 5.41) is 0. The number of carbonyl (C=O) groups is 1. The van der Waals surface area contributed by atoms with E-state index < -0.39 is 0 Å². The van der Waals surface area contributed by atoms with Crippen LogP contribution in [0.1, 0.15) is 19.8 Å². The molecule has 1 aliphatic heterocycles. The van der Waals surface area contributed by atoms with Gasteiger partial charge in [-0.1, -0.05) is 6.92 Å². The van der Waals surface area contributed by atoms with Crippen molar-refractivity contribution >= 4 is 5.91 Å². The Morgan fingerprint density at radius 1 is 1.67 bits per heavy atom. The highest BCUT2D eigenvalue weighted by molar-refractivity contribution is 5.79. The number of nitrogens with two attached hydrogens (primary N) is 1. The lowest BCUT2D eigenvalue weighted by atomic mass is 10.0. The molecule has 0 bridgehead atoms. The molecule has 15 heavy (non-hydrogen) atoms. The Kier molecular flexibility index (Phi) is 4.54. The quantitative estimate of drug-likeness (QED) is 0.722. The molecule has 1 heterocycles. The first-order valence-corrected chi connectivity index (χ1v) is 5.75. The molecule has 1 saturated heterocycles. The van der Waals surface area contributed by atoms with Gasteiger partial charge < -0.3 is 15.5 Å². The van der Waals surface area contributed by atoms with Gasteiger partial charge in [0.15, 0.2) is 0 Å². The maximum atomic E-state index is 12.0. The first kappa shape index (κ1) is 12.5. The number of rotatable bonds is 4. The third-order valence-electron chi connectivity index (χ3n) is 3.39. The van der Waals surface area contributed by atoms with Gasteiger partial charge >= 0.3 is 0 Å². The Morgan fingerprint density at radius 3 is 2.73 bits per heavy atom. The average Bonchev–Trinajstić information content (AvgIpc) is 2.65. The van der Waals surface area contributed by atoms with Crippen LogP contribution in [-0.2, 0) is 4.79 Å². The van der Waals surface area contributed by atoms with Gasteiger partial charge in [-0.05, 0) is 26.4 Å². The van der Waals surface area contributed by atoms with Crippen LogP contribution in [-0.4, -0.2) is 55.5 Å². The Bertz CT molecular complexity index is 216. The molecule has 2 atom stereocenters. The highest BCUT2D eigenvalue weighted by Gasteiger charge is 2.29. The summed E-state index contributed by atoms with van der Waals surface area (Å²) in [5.74, 6) is 0.209. The molecule has 2 unspecified atom stereocenters. The maximum Gasteiger partial charge on any atom is 0.226 e. The second kappa shape index (κ2) is 5.47. The second-order valence-corrected chi connectivity index (χ2v) is 4.49. The van der Waals surface area contributed by atoms with Gasteiger partial charge in [-0.25, -0.2) is 0 Å². The van der Waals surface area contributed by atoms with Gasteiger partial charge in [0.2, 0.25) is 5.91 Å². The monoisotopic (exact) mass is 213 g/mol. The van der Waals surface area contributed by atoms with Gasteiger partial charge in [-0.3, -0.25) is 4.79 Å². The summed E-state index contributed by atoms with van der Waals surface area (Å²) in [4.78, 5) is 16.2. The van der Waals surface area contributed by atoms with Gasteiger partial charge in [0.25, 0.3) is 0 Å². The van der Waals surface area contributed by atoms with Gasteiger partial charge in [0.1, 0.15) is 0 Å². The molecule has 4 nitrogen and oxygen atoms in total. The number of carbonyl (C=O) groups excluding carboxylic acids is 1. The summed E-state index contributed by atoms with van der Waals surface area (Å²) in [5.41, 5.74) is 5.59. The fraction of sp³-hybridized carbons (Fsp3) is 0.909. The molecule has 2 N–H and O–H groups in total. The first-order chi connectivity index (χ1) is 7.10. The number of amides is 1. The molecule has 1 rings (SSSR count).